The topological polar surface area (TPSA) is 20.3 Å². The highest BCUT2D eigenvalue weighted by Crippen LogP contribution is 2.54. The van der Waals surface area contributed by atoms with E-state index >= 15 is 0 Å². The Kier molecular flexibility index (Phi) is 3.08. The fourth-order valence-corrected chi connectivity index (χ4v) is 3.42. The van der Waals surface area contributed by atoms with Crippen molar-refractivity contribution in [1.82, 2.24) is 4.90 Å². The normalized spacial score (nSPS) is 29.7. The van der Waals surface area contributed by atoms with Gasteiger partial charge in [-0.2, -0.15) is 0 Å². The molecule has 0 heterocycles. The van der Waals surface area contributed by atoms with Gasteiger partial charge in [0.25, 0.3) is 0 Å². The smallest absolute Gasteiger partial charge is 0.225 e. The average Bonchev–Trinajstić information content (AvgIpc) is 3.03. The van der Waals surface area contributed by atoms with E-state index < -0.39 is 0 Å². The first-order chi connectivity index (χ1) is 9.08. The molecule has 0 saturated heterocycles. The molecule has 19 heavy (non-hydrogen) atoms. The Morgan fingerprint density at radius 3 is 2.53 bits per heavy atom. The van der Waals surface area contributed by atoms with Gasteiger partial charge in [-0.1, -0.05) is 18.2 Å². The number of amides is 1. The molecule has 3 atom stereocenters. The number of carbonyl (C=O) groups is 1. The van der Waals surface area contributed by atoms with Crippen molar-refractivity contribution in [3.8, 4) is 0 Å². The third-order valence-corrected chi connectivity index (χ3v) is 4.88. The highest BCUT2D eigenvalue weighted by atomic mass is 19.1. The van der Waals surface area contributed by atoms with Gasteiger partial charge in [0.1, 0.15) is 5.82 Å². The van der Waals surface area contributed by atoms with E-state index in [-0.39, 0.29) is 23.7 Å². The lowest BCUT2D eigenvalue weighted by Gasteiger charge is -2.28. The van der Waals surface area contributed by atoms with Crippen LogP contribution in [0, 0.1) is 23.6 Å². The molecule has 2 nitrogen and oxygen atoms in total. The molecule has 3 heteroatoms. The summed E-state index contributed by atoms with van der Waals surface area (Å²) in [7, 11) is 1.80. The van der Waals surface area contributed by atoms with Crippen molar-refractivity contribution in [1.29, 1.82) is 0 Å². The van der Waals surface area contributed by atoms with E-state index in [1.807, 2.05) is 13.0 Å². The van der Waals surface area contributed by atoms with E-state index in [0.29, 0.717) is 5.56 Å². The molecule has 1 amide bonds. The van der Waals surface area contributed by atoms with Crippen molar-refractivity contribution in [3.05, 3.63) is 35.6 Å². The number of hydrogen-bond acceptors (Lipinski definition) is 1. The molecule has 0 N–H and O–H groups in total. The Hall–Kier alpha value is -1.38. The molecule has 3 unspecified atom stereocenters. The van der Waals surface area contributed by atoms with Gasteiger partial charge in [0.2, 0.25) is 5.91 Å². The summed E-state index contributed by atoms with van der Waals surface area (Å²) < 4.78 is 13.8. The summed E-state index contributed by atoms with van der Waals surface area (Å²) in [6.07, 6.45) is 3.39. The van der Waals surface area contributed by atoms with Gasteiger partial charge in [-0.05, 0) is 44.1 Å². The van der Waals surface area contributed by atoms with Gasteiger partial charge >= 0.3 is 0 Å². The molecule has 1 aromatic rings. The molecule has 1 aromatic carbocycles. The summed E-state index contributed by atoms with van der Waals surface area (Å²) in [4.78, 5) is 14.2. The van der Waals surface area contributed by atoms with Crippen LogP contribution in [0.25, 0.3) is 0 Å². The van der Waals surface area contributed by atoms with E-state index in [4.69, 9.17) is 0 Å². The van der Waals surface area contributed by atoms with Gasteiger partial charge in [-0.25, -0.2) is 4.39 Å². The molecule has 0 spiro atoms. The zero-order chi connectivity index (χ0) is 13.6. The van der Waals surface area contributed by atoms with Crippen molar-refractivity contribution in [2.24, 2.45) is 17.8 Å². The SMILES string of the molecule is CC(c1ccccc1F)N(C)C(=O)C1CC2CC2C1. The quantitative estimate of drug-likeness (QED) is 0.816. The maximum atomic E-state index is 13.8. The predicted octanol–water partition coefficient (Wildman–Crippen LogP) is 3.39. The first kappa shape index (κ1) is 12.6. The molecular weight excluding hydrogens is 241 g/mol. The van der Waals surface area contributed by atoms with Gasteiger partial charge in [-0.3, -0.25) is 4.79 Å². The van der Waals surface area contributed by atoms with E-state index in [2.05, 4.69) is 0 Å². The highest BCUT2D eigenvalue weighted by Gasteiger charge is 2.48. The third-order valence-electron chi connectivity index (χ3n) is 4.88. The number of benzene rings is 1. The first-order valence-electron chi connectivity index (χ1n) is 7.09. The van der Waals surface area contributed by atoms with Crippen LogP contribution >= 0.6 is 0 Å². The fraction of sp³-hybridized carbons (Fsp3) is 0.562. The van der Waals surface area contributed by atoms with Crippen LogP contribution in [0.2, 0.25) is 0 Å². The number of halogens is 1. The Bertz CT molecular complexity index is 491. The second-order valence-electron chi connectivity index (χ2n) is 6.07. The van der Waals surface area contributed by atoms with Crippen molar-refractivity contribution in [2.75, 3.05) is 7.05 Å². The summed E-state index contributed by atoms with van der Waals surface area (Å²) in [6, 6.07) is 6.51. The van der Waals surface area contributed by atoms with Crippen LogP contribution in [-0.4, -0.2) is 17.9 Å². The number of nitrogens with zero attached hydrogens (tertiary/aromatic N) is 1. The van der Waals surface area contributed by atoms with Crippen LogP contribution in [0.5, 0.6) is 0 Å². The molecule has 0 aromatic heterocycles. The second kappa shape index (κ2) is 4.62. The Balaban J connectivity index is 1.70. The van der Waals surface area contributed by atoms with Crippen LogP contribution in [0.3, 0.4) is 0 Å². The number of fused-ring (bicyclic) bond motifs is 1. The summed E-state index contributed by atoms with van der Waals surface area (Å²) in [5, 5.41) is 0. The standard InChI is InChI=1S/C16H20FNO/c1-10(14-5-3-4-6-15(14)17)18(2)16(19)13-8-11-7-12(11)9-13/h3-6,10-13H,7-9H2,1-2H3. The molecule has 2 fully saturated rings. The minimum Gasteiger partial charge on any atom is -0.339 e. The Labute approximate surface area is 113 Å². The zero-order valence-electron chi connectivity index (χ0n) is 11.5. The molecule has 2 aliphatic rings. The third kappa shape index (κ3) is 2.26. The van der Waals surface area contributed by atoms with E-state index in [0.717, 1.165) is 24.7 Å². The largest absolute Gasteiger partial charge is 0.339 e. The van der Waals surface area contributed by atoms with Gasteiger partial charge in [0.05, 0.1) is 6.04 Å². The summed E-state index contributed by atoms with van der Waals surface area (Å²) in [6.45, 7) is 1.89. The van der Waals surface area contributed by atoms with Crippen molar-refractivity contribution >= 4 is 5.91 Å². The minimum atomic E-state index is -0.232. The summed E-state index contributed by atoms with van der Waals surface area (Å²) >= 11 is 0. The van der Waals surface area contributed by atoms with Gasteiger partial charge < -0.3 is 4.90 Å². The van der Waals surface area contributed by atoms with E-state index in [9.17, 15) is 9.18 Å². The van der Waals surface area contributed by atoms with E-state index in [1.54, 1.807) is 24.1 Å². The lowest BCUT2D eigenvalue weighted by Crippen LogP contribution is -2.34. The average molecular weight is 261 g/mol. The van der Waals surface area contributed by atoms with Gasteiger partial charge in [-0.15, -0.1) is 0 Å². The van der Waals surface area contributed by atoms with Gasteiger partial charge in [0, 0.05) is 18.5 Å². The molecule has 102 valence electrons. The zero-order valence-corrected chi connectivity index (χ0v) is 11.5. The van der Waals surface area contributed by atoms with Crippen LogP contribution in [0.4, 0.5) is 4.39 Å². The monoisotopic (exact) mass is 261 g/mol. The van der Waals surface area contributed by atoms with Crippen molar-refractivity contribution in [2.45, 2.75) is 32.2 Å². The minimum absolute atomic E-state index is 0.169. The summed E-state index contributed by atoms with van der Waals surface area (Å²) in [5.41, 5.74) is 0.599. The maximum Gasteiger partial charge on any atom is 0.225 e. The molecular formula is C16H20FNO. The molecule has 0 aliphatic heterocycles. The van der Waals surface area contributed by atoms with Gasteiger partial charge in [0.15, 0.2) is 0 Å². The fourth-order valence-electron chi connectivity index (χ4n) is 3.42. The molecule has 0 bridgehead atoms. The summed E-state index contributed by atoms with van der Waals surface area (Å²) in [5.74, 6) is 1.71. The van der Waals surface area contributed by atoms with Crippen LogP contribution in [0.15, 0.2) is 24.3 Å². The molecule has 2 aliphatic carbocycles. The predicted molar refractivity (Wildman–Crippen MR) is 71.9 cm³/mol. The lowest BCUT2D eigenvalue weighted by atomic mass is 9.99. The maximum absolute atomic E-state index is 13.8. The van der Waals surface area contributed by atoms with Crippen LogP contribution in [0.1, 0.15) is 37.8 Å². The second-order valence-corrected chi connectivity index (χ2v) is 6.07. The lowest BCUT2D eigenvalue weighted by molar-refractivity contribution is -0.136. The number of carbonyl (C=O) groups excluding carboxylic acids is 1. The van der Waals surface area contributed by atoms with Crippen LogP contribution < -0.4 is 0 Å². The van der Waals surface area contributed by atoms with Crippen molar-refractivity contribution < 1.29 is 9.18 Å². The number of hydrogen-bond donors (Lipinski definition) is 0. The molecule has 3 rings (SSSR count). The first-order valence-corrected chi connectivity index (χ1v) is 7.09. The van der Waals surface area contributed by atoms with Crippen LogP contribution in [-0.2, 0) is 4.79 Å². The highest BCUT2D eigenvalue weighted by molar-refractivity contribution is 5.79. The van der Waals surface area contributed by atoms with E-state index in [1.165, 1.54) is 12.5 Å². The number of rotatable bonds is 3. The Morgan fingerprint density at radius 1 is 1.26 bits per heavy atom. The van der Waals surface area contributed by atoms with Crippen molar-refractivity contribution in [3.63, 3.8) is 0 Å². The Morgan fingerprint density at radius 2 is 1.89 bits per heavy atom. The molecule has 0 radical (unpaired) electrons. The molecule has 2 saturated carbocycles.